The minimum absolute atomic E-state index is 0.225. The quantitative estimate of drug-likeness (QED) is 0.332. The van der Waals surface area contributed by atoms with Crippen LogP contribution in [-0.4, -0.2) is 0 Å². The third-order valence-corrected chi connectivity index (χ3v) is 3.97. The van der Waals surface area contributed by atoms with Crippen molar-refractivity contribution in [3.05, 3.63) is 67.6 Å². The van der Waals surface area contributed by atoms with Crippen LogP contribution in [0.3, 0.4) is 0 Å². The highest BCUT2D eigenvalue weighted by Crippen LogP contribution is 2.37. The fourth-order valence-corrected chi connectivity index (χ4v) is 2.17. The van der Waals surface area contributed by atoms with Crippen molar-refractivity contribution < 1.29 is 0 Å². The van der Waals surface area contributed by atoms with Crippen molar-refractivity contribution in [1.82, 2.24) is 0 Å². The average Bonchev–Trinajstić information content (AvgIpc) is 2.40. The Morgan fingerprint density at radius 3 is 2.06 bits per heavy atom. The zero-order valence-electron chi connectivity index (χ0n) is 8.98. The van der Waals surface area contributed by atoms with Crippen molar-refractivity contribution in [3.63, 3.8) is 0 Å². The lowest BCUT2D eigenvalue weighted by molar-refractivity contribution is 1.62. The van der Waals surface area contributed by atoms with Crippen LogP contribution in [-0.2, 0) is 0 Å². The summed E-state index contributed by atoms with van der Waals surface area (Å²) in [6.45, 7) is 0. The van der Waals surface area contributed by atoms with Gasteiger partial charge in [0.25, 0.3) is 0 Å². The van der Waals surface area contributed by atoms with Gasteiger partial charge >= 0.3 is 0 Å². The molecule has 2 aromatic rings. The summed E-state index contributed by atoms with van der Waals surface area (Å²) in [6.07, 6.45) is 0. The Balaban J connectivity index is 2.46. The molecule has 0 heterocycles. The summed E-state index contributed by atoms with van der Waals surface area (Å²) in [6, 6.07) is 11.2. The van der Waals surface area contributed by atoms with E-state index >= 15 is 0 Å². The van der Waals surface area contributed by atoms with E-state index < -0.39 is 0 Å². The molecule has 0 spiro atoms. The first-order valence-electron chi connectivity index (χ1n) is 4.99. The van der Waals surface area contributed by atoms with Crippen LogP contribution in [0.15, 0.2) is 36.4 Å². The minimum atomic E-state index is 0.225. The molecule has 0 amide bonds. The van der Waals surface area contributed by atoms with E-state index in [1.165, 1.54) is 0 Å². The normalized spacial score (nSPS) is 9.78. The molecule has 18 heavy (non-hydrogen) atoms. The van der Waals surface area contributed by atoms with Crippen molar-refractivity contribution >= 4 is 46.4 Å². The summed E-state index contributed by atoms with van der Waals surface area (Å²) in [7, 11) is 0. The van der Waals surface area contributed by atoms with E-state index in [-0.39, 0.29) is 10.0 Å². The van der Waals surface area contributed by atoms with Gasteiger partial charge in [-0.2, -0.15) is 0 Å². The maximum atomic E-state index is 6.06. The summed E-state index contributed by atoms with van der Waals surface area (Å²) in [5.74, 6) is 5.91. The number of rotatable bonds is 0. The lowest BCUT2D eigenvalue weighted by atomic mass is 10.2. The van der Waals surface area contributed by atoms with Crippen molar-refractivity contribution in [1.29, 1.82) is 0 Å². The van der Waals surface area contributed by atoms with Crippen molar-refractivity contribution in [3.8, 4) is 11.8 Å². The molecular formula is C14H6Cl4. The number of halogens is 4. The van der Waals surface area contributed by atoms with Crippen molar-refractivity contribution in [2.75, 3.05) is 0 Å². The van der Waals surface area contributed by atoms with Crippen LogP contribution < -0.4 is 0 Å². The molecule has 0 aliphatic carbocycles. The molecule has 0 aliphatic rings. The molecule has 4 heteroatoms. The van der Waals surface area contributed by atoms with Crippen molar-refractivity contribution in [2.24, 2.45) is 0 Å². The molecule has 0 saturated heterocycles. The Kier molecular flexibility index (Phi) is 4.43. The van der Waals surface area contributed by atoms with Gasteiger partial charge in [0.15, 0.2) is 0 Å². The highest BCUT2D eigenvalue weighted by molar-refractivity contribution is 6.52. The second kappa shape index (κ2) is 5.87. The predicted molar refractivity (Wildman–Crippen MR) is 78.9 cm³/mol. The largest absolute Gasteiger partial charge is 0.0826 e. The lowest BCUT2D eigenvalue weighted by Gasteiger charge is -2.03. The van der Waals surface area contributed by atoms with Gasteiger partial charge in [-0.1, -0.05) is 76.4 Å². The molecular weight excluding hydrogens is 310 g/mol. The van der Waals surface area contributed by atoms with E-state index in [0.717, 1.165) is 5.56 Å². The fraction of sp³-hybridized carbons (Fsp3) is 0. The molecule has 0 aromatic heterocycles. The first-order chi connectivity index (χ1) is 8.59. The summed E-state index contributed by atoms with van der Waals surface area (Å²) in [4.78, 5) is 0. The lowest BCUT2D eigenvalue weighted by Crippen LogP contribution is -1.82. The zero-order chi connectivity index (χ0) is 13.1. The third-order valence-electron chi connectivity index (χ3n) is 2.22. The average molecular weight is 316 g/mol. The number of benzene rings is 2. The van der Waals surface area contributed by atoms with E-state index in [0.29, 0.717) is 15.6 Å². The Morgan fingerprint density at radius 2 is 1.39 bits per heavy atom. The Bertz CT molecular complexity index is 636. The first-order valence-corrected chi connectivity index (χ1v) is 6.51. The van der Waals surface area contributed by atoms with Crippen molar-refractivity contribution in [2.45, 2.75) is 0 Å². The van der Waals surface area contributed by atoms with E-state index in [1.54, 1.807) is 6.07 Å². The van der Waals surface area contributed by atoms with Crippen LogP contribution in [0.5, 0.6) is 0 Å². The van der Waals surface area contributed by atoms with Gasteiger partial charge in [-0.3, -0.25) is 0 Å². The first kappa shape index (κ1) is 13.6. The highest BCUT2D eigenvalue weighted by atomic mass is 35.5. The van der Waals surface area contributed by atoms with Crippen LogP contribution in [0.4, 0.5) is 0 Å². The second-order valence-electron chi connectivity index (χ2n) is 3.46. The molecule has 2 rings (SSSR count). The van der Waals surface area contributed by atoms with Gasteiger partial charge < -0.3 is 0 Å². The van der Waals surface area contributed by atoms with Crippen LogP contribution in [0.2, 0.25) is 20.1 Å². The topological polar surface area (TPSA) is 0 Å². The standard InChI is InChI=1S/C14H6Cl4/c15-11-8-10(12(16)14(18)13(11)17)7-6-9-4-2-1-3-5-9/h1-5,8H. The summed E-state index contributed by atoms with van der Waals surface area (Å²) in [5.41, 5.74) is 1.44. The van der Waals surface area contributed by atoms with Gasteiger partial charge in [0, 0.05) is 11.1 Å². The molecule has 90 valence electrons. The van der Waals surface area contributed by atoms with Gasteiger partial charge in [0.1, 0.15) is 0 Å². The molecule has 2 aromatic carbocycles. The Hall–Kier alpha value is -0.840. The summed E-state index contributed by atoms with van der Waals surface area (Å²) in [5, 5.41) is 1.12. The van der Waals surface area contributed by atoms with E-state index in [1.807, 2.05) is 30.3 Å². The maximum absolute atomic E-state index is 6.06. The summed E-state index contributed by atoms with van der Waals surface area (Å²) >= 11 is 23.8. The fourth-order valence-electron chi connectivity index (χ4n) is 1.32. The molecule has 0 fully saturated rings. The molecule has 0 saturated carbocycles. The van der Waals surface area contributed by atoms with Gasteiger partial charge in [-0.25, -0.2) is 0 Å². The summed E-state index contributed by atoms with van der Waals surface area (Å²) < 4.78 is 0. The predicted octanol–water partition coefficient (Wildman–Crippen LogP) is 5.70. The number of hydrogen-bond donors (Lipinski definition) is 0. The second-order valence-corrected chi connectivity index (χ2v) is 5.01. The number of hydrogen-bond acceptors (Lipinski definition) is 0. The van der Waals surface area contributed by atoms with Gasteiger partial charge in [0.2, 0.25) is 0 Å². The minimum Gasteiger partial charge on any atom is -0.0826 e. The van der Waals surface area contributed by atoms with Crippen LogP contribution in [0.1, 0.15) is 11.1 Å². The Labute approximate surface area is 125 Å². The van der Waals surface area contributed by atoms with E-state index in [4.69, 9.17) is 46.4 Å². The van der Waals surface area contributed by atoms with Gasteiger partial charge in [-0.15, -0.1) is 0 Å². The molecule has 0 radical (unpaired) electrons. The Morgan fingerprint density at radius 1 is 0.722 bits per heavy atom. The molecule has 0 bridgehead atoms. The van der Waals surface area contributed by atoms with E-state index in [9.17, 15) is 0 Å². The van der Waals surface area contributed by atoms with Gasteiger partial charge in [0.05, 0.1) is 20.1 Å². The SMILES string of the molecule is Clc1cc(C#Cc2ccccc2)c(Cl)c(Cl)c1Cl. The van der Waals surface area contributed by atoms with Crippen LogP contribution >= 0.6 is 46.4 Å². The monoisotopic (exact) mass is 314 g/mol. The zero-order valence-corrected chi connectivity index (χ0v) is 12.0. The molecule has 0 N–H and O–H groups in total. The smallest absolute Gasteiger partial charge is 0.0806 e. The molecule has 0 atom stereocenters. The van der Waals surface area contributed by atoms with Crippen LogP contribution in [0.25, 0.3) is 0 Å². The maximum Gasteiger partial charge on any atom is 0.0806 e. The highest BCUT2D eigenvalue weighted by Gasteiger charge is 2.11. The van der Waals surface area contributed by atoms with Crippen LogP contribution in [0, 0.1) is 11.8 Å². The molecule has 0 unspecified atom stereocenters. The molecule has 0 aliphatic heterocycles. The van der Waals surface area contributed by atoms with E-state index in [2.05, 4.69) is 11.8 Å². The third kappa shape index (κ3) is 2.94. The van der Waals surface area contributed by atoms with Gasteiger partial charge in [-0.05, 0) is 18.2 Å². The molecule has 0 nitrogen and oxygen atoms in total.